The number of allylic oxidation sites excluding steroid dienone is 4. The van der Waals surface area contributed by atoms with Crippen molar-refractivity contribution in [2.24, 2.45) is 5.16 Å². The maximum absolute atomic E-state index is 8.04. The third-order valence-electron chi connectivity index (χ3n) is 0.813. The van der Waals surface area contributed by atoms with Crippen LogP contribution in [0, 0.1) is 0 Å². The van der Waals surface area contributed by atoms with E-state index in [1.54, 1.807) is 0 Å². The highest BCUT2D eigenvalue weighted by Crippen LogP contribution is 1.87. The van der Waals surface area contributed by atoms with Crippen LogP contribution in [0.4, 0.5) is 0 Å². The lowest BCUT2D eigenvalue weighted by molar-refractivity contribution is 0.321. The van der Waals surface area contributed by atoms with Crippen molar-refractivity contribution in [1.82, 2.24) is 0 Å². The number of hydrogen-bond donors (Lipinski definition) is 1. The normalized spacial score (nSPS) is 13.8. The molecule has 50 valence electrons. The molecule has 0 bridgehead atoms. The van der Waals surface area contributed by atoms with Crippen molar-refractivity contribution < 1.29 is 5.21 Å². The van der Waals surface area contributed by atoms with Crippen molar-refractivity contribution >= 4 is 6.21 Å². The van der Waals surface area contributed by atoms with E-state index in [1.165, 1.54) is 6.21 Å². The Kier molecular flexibility index (Phi) is 4.50. The van der Waals surface area contributed by atoms with Crippen molar-refractivity contribution in [1.29, 1.82) is 0 Å². The fourth-order valence-corrected chi connectivity index (χ4v) is 0.382. The Morgan fingerprint density at radius 1 is 1.56 bits per heavy atom. The summed E-state index contributed by atoms with van der Waals surface area (Å²) < 4.78 is 0. The first kappa shape index (κ1) is 7.95. The molecule has 2 heteroatoms. The molecule has 0 aromatic heterocycles. The van der Waals surface area contributed by atoms with Crippen molar-refractivity contribution in [3.8, 4) is 0 Å². The van der Waals surface area contributed by atoms with Gasteiger partial charge in [0.25, 0.3) is 0 Å². The molecular formula is C7H11NO. The fourth-order valence-electron chi connectivity index (χ4n) is 0.382. The van der Waals surface area contributed by atoms with Gasteiger partial charge in [0.15, 0.2) is 0 Å². The molecule has 0 atom stereocenters. The Hall–Kier alpha value is -1.05. The van der Waals surface area contributed by atoms with Crippen LogP contribution < -0.4 is 0 Å². The van der Waals surface area contributed by atoms with Crippen molar-refractivity contribution in [3.63, 3.8) is 0 Å². The maximum Gasteiger partial charge on any atom is 0.0690 e. The smallest absolute Gasteiger partial charge is 0.0690 e. The zero-order valence-corrected chi connectivity index (χ0v) is 5.70. The van der Waals surface area contributed by atoms with Gasteiger partial charge in [-0.15, -0.1) is 0 Å². The summed E-state index contributed by atoms with van der Waals surface area (Å²) in [4.78, 5) is 0. The van der Waals surface area contributed by atoms with Crippen molar-refractivity contribution in [3.05, 3.63) is 23.8 Å². The predicted octanol–water partition coefficient (Wildman–Crippen LogP) is 1.97. The third kappa shape index (κ3) is 4.81. The van der Waals surface area contributed by atoms with Crippen LogP contribution >= 0.6 is 0 Å². The Morgan fingerprint density at radius 3 is 2.67 bits per heavy atom. The van der Waals surface area contributed by atoms with Gasteiger partial charge in [-0.25, -0.2) is 0 Å². The zero-order chi connectivity index (χ0) is 7.11. The summed E-state index contributed by atoms with van der Waals surface area (Å²) >= 11 is 0. The Balaban J connectivity index is 3.84. The molecular weight excluding hydrogens is 114 g/mol. The summed E-state index contributed by atoms with van der Waals surface area (Å²) in [5, 5.41) is 10.9. The van der Waals surface area contributed by atoms with Gasteiger partial charge in [-0.2, -0.15) is 0 Å². The molecule has 0 aromatic rings. The van der Waals surface area contributed by atoms with Crippen LogP contribution in [0.1, 0.15) is 13.8 Å². The average molecular weight is 125 g/mol. The topological polar surface area (TPSA) is 32.6 Å². The molecule has 1 N–H and O–H groups in total. The first-order valence-electron chi connectivity index (χ1n) is 2.78. The largest absolute Gasteiger partial charge is 0.411 e. The van der Waals surface area contributed by atoms with E-state index < -0.39 is 0 Å². The molecule has 0 rings (SSSR count). The molecule has 0 unspecified atom stereocenters. The van der Waals surface area contributed by atoms with E-state index in [-0.39, 0.29) is 0 Å². The first-order chi connectivity index (χ1) is 4.31. The Labute approximate surface area is 55.2 Å². The lowest BCUT2D eigenvalue weighted by atomic mass is 10.3. The fraction of sp³-hybridized carbons (Fsp3) is 0.286. The van der Waals surface area contributed by atoms with E-state index in [2.05, 4.69) is 5.16 Å². The molecule has 0 spiro atoms. The van der Waals surface area contributed by atoms with Gasteiger partial charge in [-0.3, -0.25) is 0 Å². The van der Waals surface area contributed by atoms with Crippen LogP contribution in [0.5, 0.6) is 0 Å². The van der Waals surface area contributed by atoms with Crippen molar-refractivity contribution in [2.75, 3.05) is 0 Å². The lowest BCUT2D eigenvalue weighted by Gasteiger charge is -1.81. The monoisotopic (exact) mass is 125 g/mol. The Morgan fingerprint density at radius 2 is 2.22 bits per heavy atom. The minimum absolute atomic E-state index is 0.926. The second-order valence-corrected chi connectivity index (χ2v) is 1.68. The van der Waals surface area contributed by atoms with E-state index in [0.29, 0.717) is 0 Å². The van der Waals surface area contributed by atoms with E-state index in [4.69, 9.17) is 5.21 Å². The number of nitrogens with zero attached hydrogens (tertiary/aromatic N) is 1. The number of oxime groups is 1. The summed E-state index contributed by atoms with van der Waals surface area (Å²) in [5.41, 5.74) is 0.926. The molecule has 0 amide bonds. The van der Waals surface area contributed by atoms with Gasteiger partial charge < -0.3 is 5.21 Å². The molecule has 0 aromatic carbocycles. The summed E-state index contributed by atoms with van der Waals surface area (Å²) in [6.07, 6.45) is 7.05. The molecule has 0 aliphatic carbocycles. The van der Waals surface area contributed by atoms with Gasteiger partial charge in [-0.1, -0.05) is 23.4 Å². The Bertz CT molecular complexity index is 145. The molecule has 0 aliphatic heterocycles. The maximum atomic E-state index is 8.04. The standard InChI is InChI=1S/C7H11NO/c1-3-4-5-7(2)6-8-9/h3-6,9H,1-2H3/b4-3-,7-5+,8-6+. The van der Waals surface area contributed by atoms with E-state index >= 15 is 0 Å². The molecule has 0 fully saturated rings. The molecule has 2 nitrogen and oxygen atoms in total. The minimum Gasteiger partial charge on any atom is -0.411 e. The van der Waals surface area contributed by atoms with Gasteiger partial charge in [-0.05, 0) is 19.4 Å². The molecule has 9 heavy (non-hydrogen) atoms. The third-order valence-corrected chi connectivity index (χ3v) is 0.813. The zero-order valence-electron chi connectivity index (χ0n) is 5.70. The summed E-state index contributed by atoms with van der Waals surface area (Å²) in [5.74, 6) is 0. The van der Waals surface area contributed by atoms with Gasteiger partial charge in [0.05, 0.1) is 6.21 Å². The van der Waals surface area contributed by atoms with E-state index in [9.17, 15) is 0 Å². The van der Waals surface area contributed by atoms with Gasteiger partial charge >= 0.3 is 0 Å². The summed E-state index contributed by atoms with van der Waals surface area (Å²) in [6, 6.07) is 0. The van der Waals surface area contributed by atoms with Crippen LogP contribution in [0.2, 0.25) is 0 Å². The molecule has 0 saturated heterocycles. The molecule has 0 heterocycles. The second kappa shape index (κ2) is 5.09. The minimum atomic E-state index is 0.926. The molecule has 0 radical (unpaired) electrons. The van der Waals surface area contributed by atoms with Crippen LogP contribution in [-0.4, -0.2) is 11.4 Å². The van der Waals surface area contributed by atoms with Gasteiger partial charge in [0.1, 0.15) is 0 Å². The number of hydrogen-bond acceptors (Lipinski definition) is 2. The SMILES string of the molecule is C\C=C/C=C(C)/C=N/O. The lowest BCUT2D eigenvalue weighted by Crippen LogP contribution is -1.73. The van der Waals surface area contributed by atoms with Crippen LogP contribution in [0.25, 0.3) is 0 Å². The summed E-state index contributed by atoms with van der Waals surface area (Å²) in [6.45, 7) is 3.79. The quantitative estimate of drug-likeness (QED) is 0.260. The van der Waals surface area contributed by atoms with Crippen LogP contribution in [0.15, 0.2) is 29.0 Å². The second-order valence-electron chi connectivity index (χ2n) is 1.68. The highest BCUT2D eigenvalue weighted by atomic mass is 16.4. The van der Waals surface area contributed by atoms with E-state index in [1.807, 2.05) is 32.1 Å². The van der Waals surface area contributed by atoms with Gasteiger partial charge in [0.2, 0.25) is 0 Å². The summed E-state index contributed by atoms with van der Waals surface area (Å²) in [7, 11) is 0. The van der Waals surface area contributed by atoms with Gasteiger partial charge in [0, 0.05) is 0 Å². The average Bonchev–Trinajstić information content (AvgIpc) is 1.85. The molecule has 0 aliphatic rings. The van der Waals surface area contributed by atoms with Crippen molar-refractivity contribution in [2.45, 2.75) is 13.8 Å². The van der Waals surface area contributed by atoms with E-state index in [0.717, 1.165) is 5.57 Å². The highest BCUT2D eigenvalue weighted by Gasteiger charge is 1.75. The first-order valence-corrected chi connectivity index (χ1v) is 2.78. The predicted molar refractivity (Wildman–Crippen MR) is 38.8 cm³/mol. The number of rotatable bonds is 2. The van der Waals surface area contributed by atoms with Crippen LogP contribution in [-0.2, 0) is 0 Å². The molecule has 0 saturated carbocycles. The van der Waals surface area contributed by atoms with Crippen LogP contribution in [0.3, 0.4) is 0 Å². The highest BCUT2D eigenvalue weighted by molar-refractivity contribution is 5.77.